The summed E-state index contributed by atoms with van der Waals surface area (Å²) in [6, 6.07) is 0. The third kappa shape index (κ3) is 3.93. The highest BCUT2D eigenvalue weighted by molar-refractivity contribution is 5.80. The zero-order chi connectivity index (χ0) is 13.8. The number of esters is 1. The molecule has 0 aliphatic carbocycles. The molecule has 0 spiro atoms. The molecule has 0 aromatic rings. The van der Waals surface area contributed by atoms with Crippen LogP contribution in [0.3, 0.4) is 0 Å². The van der Waals surface area contributed by atoms with E-state index in [0.717, 1.165) is 19.5 Å². The van der Waals surface area contributed by atoms with E-state index in [4.69, 9.17) is 15.2 Å². The van der Waals surface area contributed by atoms with Crippen molar-refractivity contribution in [3.63, 3.8) is 0 Å². The van der Waals surface area contributed by atoms with Gasteiger partial charge in [0.05, 0.1) is 12.7 Å². The minimum atomic E-state index is -0.950. The predicted octanol–water partition coefficient (Wildman–Crippen LogP) is 0.624. The van der Waals surface area contributed by atoms with Gasteiger partial charge in [0.15, 0.2) is 0 Å². The molecule has 1 rings (SSSR count). The largest absolute Gasteiger partial charge is 0.465 e. The first kappa shape index (κ1) is 15.4. The van der Waals surface area contributed by atoms with Crippen LogP contribution in [0.15, 0.2) is 0 Å². The van der Waals surface area contributed by atoms with Gasteiger partial charge >= 0.3 is 5.97 Å². The maximum absolute atomic E-state index is 11.7. The molecule has 1 fully saturated rings. The fraction of sp³-hybridized carbons (Fsp3) is 0.923. The highest BCUT2D eigenvalue weighted by Gasteiger charge is 2.35. The van der Waals surface area contributed by atoms with Gasteiger partial charge in [0.2, 0.25) is 0 Å². The smallest absolute Gasteiger partial charge is 0.327 e. The molecule has 0 aromatic heterocycles. The molecule has 18 heavy (non-hydrogen) atoms. The third-order valence-corrected chi connectivity index (χ3v) is 3.57. The number of hydrogen-bond donors (Lipinski definition) is 1. The van der Waals surface area contributed by atoms with Crippen LogP contribution in [0.25, 0.3) is 0 Å². The van der Waals surface area contributed by atoms with Gasteiger partial charge in [0.1, 0.15) is 5.54 Å². The summed E-state index contributed by atoms with van der Waals surface area (Å²) < 4.78 is 10.5. The van der Waals surface area contributed by atoms with Gasteiger partial charge in [-0.25, -0.2) is 0 Å². The molecule has 0 bridgehead atoms. The molecule has 1 aliphatic heterocycles. The molecule has 106 valence electrons. The van der Waals surface area contributed by atoms with Crippen molar-refractivity contribution in [3.8, 4) is 0 Å². The van der Waals surface area contributed by atoms with Crippen LogP contribution >= 0.6 is 0 Å². The van der Waals surface area contributed by atoms with E-state index in [1.54, 1.807) is 21.0 Å². The molecule has 1 heterocycles. The van der Waals surface area contributed by atoms with Crippen LogP contribution in [0.1, 0.15) is 27.2 Å². The Bertz CT molecular complexity index is 281. The Morgan fingerprint density at radius 3 is 2.78 bits per heavy atom. The van der Waals surface area contributed by atoms with Gasteiger partial charge in [-0.2, -0.15) is 0 Å². The molecular formula is C13H26N2O3. The van der Waals surface area contributed by atoms with Crippen LogP contribution in [0.5, 0.6) is 0 Å². The first-order valence-electron chi connectivity index (χ1n) is 6.62. The van der Waals surface area contributed by atoms with Gasteiger partial charge in [-0.1, -0.05) is 6.92 Å². The van der Waals surface area contributed by atoms with Crippen LogP contribution in [-0.4, -0.2) is 55.9 Å². The van der Waals surface area contributed by atoms with Crippen molar-refractivity contribution < 1.29 is 14.3 Å². The van der Waals surface area contributed by atoms with Crippen molar-refractivity contribution in [2.75, 3.05) is 33.4 Å². The number of rotatable bonds is 5. The molecule has 3 unspecified atom stereocenters. The average Bonchev–Trinajstić information content (AvgIpc) is 2.31. The van der Waals surface area contributed by atoms with Gasteiger partial charge in [-0.05, 0) is 32.7 Å². The molecule has 2 N–H and O–H groups in total. The number of carbonyl (C=O) groups excluding carboxylic acids is 1. The Morgan fingerprint density at radius 1 is 1.56 bits per heavy atom. The van der Waals surface area contributed by atoms with Crippen molar-refractivity contribution in [1.82, 2.24) is 4.90 Å². The monoisotopic (exact) mass is 258 g/mol. The fourth-order valence-electron chi connectivity index (χ4n) is 2.37. The molecular weight excluding hydrogens is 232 g/mol. The number of piperidine rings is 1. The maximum atomic E-state index is 11.7. The Hall–Kier alpha value is -0.650. The average molecular weight is 258 g/mol. The first-order chi connectivity index (χ1) is 8.40. The summed E-state index contributed by atoms with van der Waals surface area (Å²) in [5, 5.41) is 0. The Balaban J connectivity index is 2.54. The van der Waals surface area contributed by atoms with E-state index in [1.165, 1.54) is 0 Å². The second kappa shape index (κ2) is 6.50. The Kier molecular flexibility index (Phi) is 5.56. The number of nitrogens with two attached hydrogens (primary N) is 1. The van der Waals surface area contributed by atoms with E-state index < -0.39 is 5.54 Å². The highest BCUT2D eigenvalue weighted by Crippen LogP contribution is 2.20. The quantitative estimate of drug-likeness (QED) is 0.733. The second-order valence-corrected chi connectivity index (χ2v) is 5.41. The lowest BCUT2D eigenvalue weighted by molar-refractivity contribution is -0.150. The minimum absolute atomic E-state index is 0.219. The van der Waals surface area contributed by atoms with E-state index in [9.17, 15) is 4.79 Å². The fourth-order valence-corrected chi connectivity index (χ4v) is 2.37. The van der Waals surface area contributed by atoms with Gasteiger partial charge in [-0.3, -0.25) is 9.69 Å². The van der Waals surface area contributed by atoms with Gasteiger partial charge in [0.25, 0.3) is 0 Å². The topological polar surface area (TPSA) is 64.8 Å². The van der Waals surface area contributed by atoms with E-state index in [-0.39, 0.29) is 12.1 Å². The number of hydrogen-bond acceptors (Lipinski definition) is 5. The Labute approximate surface area is 110 Å². The van der Waals surface area contributed by atoms with Crippen LogP contribution in [-0.2, 0) is 14.3 Å². The van der Waals surface area contributed by atoms with E-state index in [2.05, 4.69) is 11.8 Å². The van der Waals surface area contributed by atoms with Crippen molar-refractivity contribution in [1.29, 1.82) is 0 Å². The standard InChI is InChI=1S/C13H26N2O3/c1-5-18-12(16)13(3,14)9-15-7-6-10(2)11(8-15)17-4/h10-11H,5-9,14H2,1-4H3. The second-order valence-electron chi connectivity index (χ2n) is 5.41. The molecule has 0 amide bonds. The van der Waals surface area contributed by atoms with Gasteiger partial charge in [-0.15, -0.1) is 0 Å². The summed E-state index contributed by atoms with van der Waals surface area (Å²) in [6.45, 7) is 8.36. The normalized spacial score (nSPS) is 28.7. The van der Waals surface area contributed by atoms with Crippen LogP contribution in [0.4, 0.5) is 0 Å². The molecule has 0 radical (unpaired) electrons. The summed E-state index contributed by atoms with van der Waals surface area (Å²) in [6.07, 6.45) is 1.29. The lowest BCUT2D eigenvalue weighted by Gasteiger charge is -2.39. The molecule has 1 aliphatic rings. The number of nitrogens with zero attached hydrogens (tertiary/aromatic N) is 1. The van der Waals surface area contributed by atoms with Gasteiger partial charge in [0, 0.05) is 20.2 Å². The zero-order valence-electron chi connectivity index (χ0n) is 11.9. The van der Waals surface area contributed by atoms with Crippen molar-refractivity contribution in [2.45, 2.75) is 38.8 Å². The lowest BCUT2D eigenvalue weighted by Crippen LogP contribution is -2.57. The van der Waals surface area contributed by atoms with Crippen molar-refractivity contribution in [3.05, 3.63) is 0 Å². The zero-order valence-corrected chi connectivity index (χ0v) is 11.9. The number of methoxy groups -OCH3 is 1. The minimum Gasteiger partial charge on any atom is -0.465 e. The lowest BCUT2D eigenvalue weighted by atomic mass is 9.94. The van der Waals surface area contributed by atoms with E-state index >= 15 is 0 Å². The number of likely N-dealkylation sites (tertiary alicyclic amines) is 1. The maximum Gasteiger partial charge on any atom is 0.327 e. The number of carbonyl (C=O) groups is 1. The van der Waals surface area contributed by atoms with Crippen molar-refractivity contribution in [2.24, 2.45) is 11.7 Å². The Morgan fingerprint density at radius 2 is 2.22 bits per heavy atom. The first-order valence-corrected chi connectivity index (χ1v) is 6.62. The SMILES string of the molecule is CCOC(=O)C(C)(N)CN1CCC(C)C(OC)C1. The van der Waals surface area contributed by atoms with Crippen LogP contribution in [0, 0.1) is 5.92 Å². The highest BCUT2D eigenvalue weighted by atomic mass is 16.5. The molecule has 5 heteroatoms. The summed E-state index contributed by atoms with van der Waals surface area (Å²) in [4.78, 5) is 13.9. The molecule has 3 atom stereocenters. The van der Waals surface area contributed by atoms with E-state index in [0.29, 0.717) is 19.1 Å². The molecule has 0 aromatic carbocycles. The molecule has 0 saturated carbocycles. The van der Waals surface area contributed by atoms with E-state index in [1.807, 2.05) is 0 Å². The van der Waals surface area contributed by atoms with Gasteiger partial charge < -0.3 is 15.2 Å². The third-order valence-electron chi connectivity index (χ3n) is 3.57. The van der Waals surface area contributed by atoms with Crippen LogP contribution < -0.4 is 5.73 Å². The summed E-state index contributed by atoms with van der Waals surface area (Å²) in [5.74, 6) is 0.218. The van der Waals surface area contributed by atoms with Crippen molar-refractivity contribution >= 4 is 5.97 Å². The summed E-state index contributed by atoms with van der Waals surface area (Å²) in [7, 11) is 1.73. The molecule has 5 nitrogen and oxygen atoms in total. The number of ether oxygens (including phenoxy) is 2. The summed E-state index contributed by atoms with van der Waals surface area (Å²) in [5.41, 5.74) is 5.09. The van der Waals surface area contributed by atoms with Crippen LogP contribution in [0.2, 0.25) is 0 Å². The predicted molar refractivity (Wildman–Crippen MR) is 70.2 cm³/mol. The summed E-state index contributed by atoms with van der Waals surface area (Å²) >= 11 is 0. The molecule has 1 saturated heterocycles.